The topological polar surface area (TPSA) is 27.2 Å². The lowest BCUT2D eigenvalue weighted by Gasteiger charge is -2.11. The maximum absolute atomic E-state index is 2.30. The molecule has 7 aromatic heterocycles. The van der Waals surface area contributed by atoms with E-state index in [1.807, 2.05) is 0 Å². The van der Waals surface area contributed by atoms with Gasteiger partial charge in [-0.15, -0.1) is 0 Å². The molecule has 658 valence electrons. The summed E-state index contributed by atoms with van der Waals surface area (Å²) in [5.74, 6) is 0. The maximum Gasteiger partial charge on any atom is 0.220 e. The van der Waals surface area contributed by atoms with Crippen LogP contribution < -0.4 is 32.0 Å². The van der Waals surface area contributed by atoms with Crippen LogP contribution in [-0.2, 0) is 49.3 Å². The molecule has 0 aliphatic rings. The molecular formula is C126H126N7+7. The van der Waals surface area contributed by atoms with E-state index in [0.717, 1.165) is 0 Å². The zero-order chi connectivity index (χ0) is 93.8. The van der Waals surface area contributed by atoms with Gasteiger partial charge in [-0.05, 0) is 263 Å². The van der Waals surface area contributed by atoms with Gasteiger partial charge in [0.05, 0.1) is 43.3 Å². The molecule has 0 saturated carbocycles. The molecule has 0 bridgehead atoms. The predicted octanol–water partition coefficient (Wildman–Crippen LogP) is 27.6. The first-order valence-corrected chi connectivity index (χ1v) is 46.3. The molecule has 0 aliphatic heterocycles. The second-order valence-electron chi connectivity index (χ2n) is 36.0. The van der Waals surface area contributed by atoms with Crippen LogP contribution >= 0.6 is 0 Å². The van der Waals surface area contributed by atoms with E-state index >= 15 is 0 Å². The molecule has 0 atom stereocenters. The van der Waals surface area contributed by atoms with Crippen molar-refractivity contribution in [3.05, 3.63) is 461 Å². The van der Waals surface area contributed by atoms with Crippen molar-refractivity contribution in [3.8, 4) is 78.8 Å². The van der Waals surface area contributed by atoms with Crippen molar-refractivity contribution in [2.75, 3.05) is 0 Å². The van der Waals surface area contributed by atoms with Crippen molar-refractivity contribution in [3.63, 3.8) is 0 Å². The first-order valence-electron chi connectivity index (χ1n) is 46.3. The van der Waals surface area contributed by atoms with Gasteiger partial charge in [0.2, 0.25) is 39.9 Å². The standard InChI is InChI=1S/C19H20N.5C18H18N.C17H16N/c1-13-11-14(2)15(3)18(12-13)19-17-8-6-5-7-16(17)9-10-20(19)4;1-13-8-4-6-10-16(13)18-17-11-7-5-9-15(17)12-14(2)19(18)3;1-13-8-4-5-10-16(13)18-17-11-7-6-9-15(17)14(2)12-19(18)3;1-13-8-6-10-17-15(13)11-12-19(3)18(17)16-9-5-4-7-14(16)2;1-13-8-9-17-15(12-13)10-11-19(3)18(17)16-7-5-4-6-14(16)2;1-13-8-9-15-10-11-19(3)18(17(15)12-13)16-7-5-4-6-14(16)2;1-13-7-3-5-9-15(13)17-16-10-6-4-8-14(16)11-12-18(17)2/h5-12H,1-4H3;5*4-12H,1-3H3;3-12H,1-2H3/q7*+1. The van der Waals surface area contributed by atoms with Crippen molar-refractivity contribution < 1.29 is 32.0 Å². The molecule has 0 aliphatic carbocycles. The Bertz CT molecular complexity index is 7760. The molecule has 0 amide bonds. The normalized spacial score (nSPS) is 10.9. The number of fused-ring (bicyclic) bond motifs is 7. The fraction of sp³-hybridized carbons (Fsp3) is 0.167. The van der Waals surface area contributed by atoms with Gasteiger partial charge in [-0.25, -0.2) is 27.4 Å². The van der Waals surface area contributed by atoms with Crippen LogP contribution in [-0.4, -0.2) is 0 Å². The lowest BCUT2D eigenvalue weighted by molar-refractivity contribution is -0.665. The SMILES string of the molecule is Cc1cc(C)c(C)c(-c2c3ccccc3cc[n+]2C)c1.Cc1ccc2c(-c3ccccc3C)[n+](C)ccc2c1.Cc1ccc2cc[n+](C)c(-c3ccccc3C)c2c1.Cc1ccccc1-c1c2cccc(C)c2cc[n+]1C.Cc1ccccc1-c1c2ccccc2c(C)c[n+]1C.Cc1ccccc1-c1c2ccccc2cc(C)[n+]1C.Cc1ccccc1-c1c2ccccc2cc[n+]1C. The zero-order valence-electron chi connectivity index (χ0n) is 81.5. The van der Waals surface area contributed by atoms with Gasteiger partial charge in [-0.3, -0.25) is 0 Å². The second-order valence-corrected chi connectivity index (χ2v) is 36.0. The molecule has 21 rings (SSSR count). The van der Waals surface area contributed by atoms with Crippen molar-refractivity contribution in [1.82, 2.24) is 0 Å². The summed E-state index contributed by atoms with van der Waals surface area (Å²) in [6.45, 7) is 30.4. The maximum atomic E-state index is 2.30. The van der Waals surface area contributed by atoms with Gasteiger partial charge in [0.15, 0.2) is 42.9 Å². The monoisotopic (exact) mass is 1740 g/mol. The Hall–Kier alpha value is -15.1. The third-order valence-corrected chi connectivity index (χ3v) is 26.3. The molecular weight excluding hydrogens is 1610 g/mol. The number of benzene rings is 14. The summed E-state index contributed by atoms with van der Waals surface area (Å²) in [5.41, 5.74) is 36.6. The van der Waals surface area contributed by atoms with Crippen LogP contribution in [0.15, 0.2) is 383 Å². The highest BCUT2D eigenvalue weighted by Crippen LogP contribution is 2.37. The Balaban J connectivity index is 0.000000118. The average Bonchev–Trinajstić information content (AvgIpc) is 0.707. The highest BCUT2D eigenvalue weighted by atomic mass is 15.0. The van der Waals surface area contributed by atoms with Crippen LogP contribution in [0.1, 0.15) is 78.0 Å². The fourth-order valence-electron chi connectivity index (χ4n) is 19.0. The van der Waals surface area contributed by atoms with Crippen LogP contribution in [0.2, 0.25) is 0 Å². The van der Waals surface area contributed by atoms with Crippen LogP contribution in [0.25, 0.3) is 154 Å². The van der Waals surface area contributed by atoms with Crippen LogP contribution in [0.3, 0.4) is 0 Å². The smallest absolute Gasteiger partial charge is 0.200 e. The number of nitrogens with zero attached hydrogens (tertiary/aromatic N) is 7. The van der Waals surface area contributed by atoms with Gasteiger partial charge in [-0.1, -0.05) is 241 Å². The Morgan fingerprint density at radius 2 is 0.451 bits per heavy atom. The third kappa shape index (κ3) is 20.3. The summed E-state index contributed by atoms with van der Waals surface area (Å²) in [7, 11) is 14.8. The van der Waals surface area contributed by atoms with E-state index in [1.54, 1.807) is 0 Å². The summed E-state index contributed by atoms with van der Waals surface area (Å²) < 4.78 is 15.6. The van der Waals surface area contributed by atoms with Crippen molar-refractivity contribution in [2.24, 2.45) is 49.3 Å². The van der Waals surface area contributed by atoms with Crippen molar-refractivity contribution in [1.29, 1.82) is 0 Å². The van der Waals surface area contributed by atoms with E-state index in [9.17, 15) is 0 Å². The number of aryl methyl sites for hydroxylation is 19. The quantitative estimate of drug-likeness (QED) is 0.142. The predicted molar refractivity (Wildman–Crippen MR) is 560 cm³/mol. The van der Waals surface area contributed by atoms with Gasteiger partial charge >= 0.3 is 0 Å². The lowest BCUT2D eigenvalue weighted by Crippen LogP contribution is -2.35. The highest BCUT2D eigenvalue weighted by molar-refractivity contribution is 6.00. The van der Waals surface area contributed by atoms with Gasteiger partial charge < -0.3 is 0 Å². The van der Waals surface area contributed by atoms with E-state index in [4.69, 9.17) is 0 Å². The lowest BCUT2D eigenvalue weighted by atomic mass is 9.95. The van der Waals surface area contributed by atoms with Crippen LogP contribution in [0.5, 0.6) is 0 Å². The van der Waals surface area contributed by atoms with Gasteiger partial charge in [0, 0.05) is 82.3 Å². The Morgan fingerprint density at radius 3 is 0.902 bits per heavy atom. The molecule has 0 N–H and O–H groups in total. The minimum absolute atomic E-state index is 1.27. The second kappa shape index (κ2) is 41.4. The Morgan fingerprint density at radius 1 is 0.158 bits per heavy atom. The molecule has 7 nitrogen and oxygen atoms in total. The first kappa shape index (κ1) is 92.7. The van der Waals surface area contributed by atoms with E-state index in [1.165, 1.54) is 232 Å². The minimum atomic E-state index is 1.27. The molecule has 0 spiro atoms. The number of pyridine rings is 7. The molecule has 21 aromatic rings. The van der Waals surface area contributed by atoms with E-state index < -0.39 is 0 Å². The molecule has 7 heteroatoms. The summed E-state index contributed by atoms with van der Waals surface area (Å²) >= 11 is 0. The first-order chi connectivity index (χ1) is 64.2. The molecule has 0 radical (unpaired) electrons. The van der Waals surface area contributed by atoms with E-state index in [0.29, 0.717) is 0 Å². The molecule has 14 aromatic carbocycles. The number of aromatic nitrogens is 7. The molecule has 7 heterocycles. The zero-order valence-corrected chi connectivity index (χ0v) is 81.5. The fourth-order valence-corrected chi connectivity index (χ4v) is 19.0. The third-order valence-electron chi connectivity index (χ3n) is 26.3. The Kier molecular flexibility index (Phi) is 28.8. The molecule has 0 saturated heterocycles. The van der Waals surface area contributed by atoms with Crippen LogP contribution in [0.4, 0.5) is 0 Å². The molecule has 133 heavy (non-hydrogen) atoms. The summed E-state index contributed by atoms with van der Waals surface area (Å²) in [6, 6.07) is 123. The summed E-state index contributed by atoms with van der Waals surface area (Å²) in [4.78, 5) is 0. The van der Waals surface area contributed by atoms with Gasteiger partial charge in [0.1, 0.15) is 49.3 Å². The minimum Gasteiger partial charge on any atom is -0.200 e. The van der Waals surface area contributed by atoms with Gasteiger partial charge in [-0.2, -0.15) is 4.57 Å². The van der Waals surface area contributed by atoms with E-state index in [2.05, 4.69) is 561 Å². The van der Waals surface area contributed by atoms with E-state index in [-0.39, 0.29) is 0 Å². The highest BCUT2D eigenvalue weighted by Gasteiger charge is 2.25. The number of hydrogen-bond donors (Lipinski definition) is 0. The molecule has 0 fully saturated rings. The number of rotatable bonds is 7. The largest absolute Gasteiger partial charge is 0.220 e. The van der Waals surface area contributed by atoms with Crippen molar-refractivity contribution >= 4 is 75.4 Å². The molecule has 0 unspecified atom stereocenters. The number of hydrogen-bond acceptors (Lipinski definition) is 0. The van der Waals surface area contributed by atoms with Crippen molar-refractivity contribution in [2.45, 2.75) is 96.9 Å². The van der Waals surface area contributed by atoms with Crippen LogP contribution in [0, 0.1) is 96.9 Å². The summed E-state index contributed by atoms with van der Waals surface area (Å²) in [6.07, 6.45) is 12.9. The van der Waals surface area contributed by atoms with Gasteiger partial charge in [0.25, 0.3) is 0 Å². The Labute approximate surface area is 788 Å². The summed E-state index contributed by atoms with van der Waals surface area (Å²) in [5, 5.41) is 18.3. The average molecular weight is 1740 g/mol.